The maximum atomic E-state index is 14.7. The summed E-state index contributed by atoms with van der Waals surface area (Å²) in [7, 11) is 0. The Hall–Kier alpha value is -2.65. The van der Waals surface area contributed by atoms with Gasteiger partial charge in [0, 0.05) is 5.56 Å². The molecule has 0 aromatic heterocycles. The minimum Gasteiger partial charge on any atom is -0.366 e. The van der Waals surface area contributed by atoms with Crippen LogP contribution in [-0.2, 0) is 19.3 Å². The third kappa shape index (κ3) is 3.67. The average molecular weight is 394 g/mol. The van der Waals surface area contributed by atoms with Crippen LogP contribution in [0.3, 0.4) is 0 Å². The summed E-state index contributed by atoms with van der Waals surface area (Å²) in [6.45, 7) is 0. The Kier molecular flexibility index (Phi) is 5.19. The van der Waals surface area contributed by atoms with E-state index in [0.29, 0.717) is 29.0 Å². The number of amides is 1. The van der Waals surface area contributed by atoms with E-state index in [1.54, 1.807) is 18.2 Å². The number of hydrogen-bond acceptors (Lipinski definition) is 1. The normalized spacial score (nSPS) is 13.5. The second-order valence-electron chi connectivity index (χ2n) is 7.42. The van der Waals surface area contributed by atoms with Gasteiger partial charge in [-0.05, 0) is 66.0 Å². The molecule has 1 amide bonds. The zero-order chi connectivity index (χ0) is 19.7. The van der Waals surface area contributed by atoms with Crippen molar-refractivity contribution in [1.82, 2.24) is 0 Å². The molecule has 3 aromatic carbocycles. The van der Waals surface area contributed by atoms with Crippen LogP contribution in [-0.4, -0.2) is 5.91 Å². The summed E-state index contributed by atoms with van der Waals surface area (Å²) in [6, 6.07) is 18.7. The lowest BCUT2D eigenvalue weighted by Crippen LogP contribution is -2.11. The Morgan fingerprint density at radius 3 is 2.39 bits per heavy atom. The Bertz CT molecular complexity index is 1020. The summed E-state index contributed by atoms with van der Waals surface area (Å²) in [5, 5.41) is 0.255. The summed E-state index contributed by atoms with van der Waals surface area (Å²) < 4.78 is 14.7. The van der Waals surface area contributed by atoms with E-state index in [2.05, 4.69) is 24.3 Å². The van der Waals surface area contributed by atoms with Gasteiger partial charge in [0.2, 0.25) is 5.91 Å². The predicted molar refractivity (Wildman–Crippen MR) is 111 cm³/mol. The number of hydrogen-bond donors (Lipinski definition) is 1. The van der Waals surface area contributed by atoms with Crippen LogP contribution in [0.15, 0.2) is 60.7 Å². The number of carbonyl (C=O) groups excluding carboxylic acids is 1. The summed E-state index contributed by atoms with van der Waals surface area (Å²) in [5.74, 6) is -0.270. The van der Waals surface area contributed by atoms with Crippen molar-refractivity contribution in [3.8, 4) is 11.1 Å². The van der Waals surface area contributed by atoms with Gasteiger partial charge in [-0.2, -0.15) is 0 Å². The first kappa shape index (κ1) is 18.7. The van der Waals surface area contributed by atoms with Gasteiger partial charge in [0.05, 0.1) is 10.6 Å². The fourth-order valence-electron chi connectivity index (χ4n) is 4.08. The van der Waals surface area contributed by atoms with Crippen molar-refractivity contribution < 1.29 is 9.18 Å². The van der Waals surface area contributed by atoms with Gasteiger partial charge in [-0.3, -0.25) is 4.79 Å². The van der Waals surface area contributed by atoms with E-state index >= 15 is 0 Å². The van der Waals surface area contributed by atoms with Crippen molar-refractivity contribution in [3.63, 3.8) is 0 Å². The molecule has 2 nitrogen and oxygen atoms in total. The van der Waals surface area contributed by atoms with Crippen LogP contribution in [0.1, 0.15) is 33.5 Å². The van der Waals surface area contributed by atoms with E-state index in [9.17, 15) is 9.18 Å². The quantitative estimate of drug-likeness (QED) is 0.603. The topological polar surface area (TPSA) is 43.1 Å². The van der Waals surface area contributed by atoms with Gasteiger partial charge >= 0.3 is 0 Å². The van der Waals surface area contributed by atoms with Gasteiger partial charge in [-0.15, -0.1) is 0 Å². The second-order valence-corrected chi connectivity index (χ2v) is 7.80. The first-order valence-corrected chi connectivity index (χ1v) is 9.84. The molecule has 0 fully saturated rings. The molecule has 0 spiro atoms. The summed E-state index contributed by atoms with van der Waals surface area (Å²) in [5.41, 5.74) is 10.4. The molecule has 1 aliphatic carbocycles. The van der Waals surface area contributed by atoms with Crippen LogP contribution >= 0.6 is 11.6 Å². The van der Waals surface area contributed by atoms with E-state index in [1.165, 1.54) is 17.2 Å². The van der Waals surface area contributed by atoms with Crippen molar-refractivity contribution in [2.75, 3.05) is 0 Å². The van der Waals surface area contributed by atoms with Gasteiger partial charge < -0.3 is 5.73 Å². The SMILES string of the molecule is NC(=O)c1cccc(-c2ccc(CCC3Cc4ccccc4C3)c(F)c2)c1Cl. The number of rotatable bonds is 5. The molecular weight excluding hydrogens is 373 g/mol. The van der Waals surface area contributed by atoms with E-state index in [4.69, 9.17) is 17.3 Å². The number of benzene rings is 3. The third-order valence-corrected chi connectivity index (χ3v) is 5.99. The first-order chi connectivity index (χ1) is 13.5. The number of nitrogens with two attached hydrogens (primary N) is 1. The standard InChI is InChI=1S/C24H21ClFNO/c25-23-20(6-3-7-21(23)24(27)28)19-11-10-16(22(26)14-19)9-8-15-12-17-4-1-2-5-18(17)13-15/h1-7,10-11,14-15H,8-9,12-13H2,(H2,27,28). The van der Waals surface area contributed by atoms with Gasteiger partial charge in [-0.25, -0.2) is 4.39 Å². The van der Waals surface area contributed by atoms with E-state index in [0.717, 1.165) is 19.3 Å². The number of fused-ring (bicyclic) bond motifs is 1. The fourth-order valence-corrected chi connectivity index (χ4v) is 4.40. The number of carbonyl (C=O) groups is 1. The van der Waals surface area contributed by atoms with E-state index in [1.807, 2.05) is 12.1 Å². The molecule has 3 aromatic rings. The highest BCUT2D eigenvalue weighted by Gasteiger charge is 2.21. The Morgan fingerprint density at radius 2 is 1.75 bits per heavy atom. The van der Waals surface area contributed by atoms with Gasteiger partial charge in [0.1, 0.15) is 5.82 Å². The van der Waals surface area contributed by atoms with Crippen molar-refractivity contribution >= 4 is 17.5 Å². The summed E-state index contributed by atoms with van der Waals surface area (Å²) in [4.78, 5) is 11.5. The molecule has 0 unspecified atom stereocenters. The molecule has 0 bridgehead atoms. The zero-order valence-corrected chi connectivity index (χ0v) is 16.2. The highest BCUT2D eigenvalue weighted by Crippen LogP contribution is 2.33. The Morgan fingerprint density at radius 1 is 1.04 bits per heavy atom. The average Bonchev–Trinajstić information content (AvgIpc) is 3.10. The lowest BCUT2D eigenvalue weighted by Gasteiger charge is -2.12. The largest absolute Gasteiger partial charge is 0.366 e. The van der Waals surface area contributed by atoms with Gasteiger partial charge in [0.25, 0.3) is 0 Å². The van der Waals surface area contributed by atoms with Crippen LogP contribution in [0.25, 0.3) is 11.1 Å². The molecule has 28 heavy (non-hydrogen) atoms. The van der Waals surface area contributed by atoms with Crippen molar-refractivity contribution in [1.29, 1.82) is 0 Å². The van der Waals surface area contributed by atoms with Crippen molar-refractivity contribution in [2.45, 2.75) is 25.7 Å². The first-order valence-electron chi connectivity index (χ1n) is 9.47. The molecule has 2 N–H and O–H groups in total. The lowest BCUT2D eigenvalue weighted by atomic mass is 9.95. The number of primary amides is 1. The van der Waals surface area contributed by atoms with Crippen LogP contribution in [0.4, 0.5) is 4.39 Å². The van der Waals surface area contributed by atoms with E-state index in [-0.39, 0.29) is 16.4 Å². The van der Waals surface area contributed by atoms with Crippen molar-refractivity contribution in [2.24, 2.45) is 11.7 Å². The smallest absolute Gasteiger partial charge is 0.250 e. The molecule has 0 aliphatic heterocycles. The van der Waals surface area contributed by atoms with Crippen molar-refractivity contribution in [3.05, 3.63) is 93.8 Å². The van der Waals surface area contributed by atoms with Gasteiger partial charge in [-0.1, -0.05) is 60.1 Å². The molecular formula is C24H21ClFNO. The third-order valence-electron chi connectivity index (χ3n) is 5.59. The monoisotopic (exact) mass is 393 g/mol. The maximum Gasteiger partial charge on any atom is 0.250 e. The van der Waals surface area contributed by atoms with Crippen LogP contribution < -0.4 is 5.73 Å². The molecule has 142 valence electrons. The summed E-state index contributed by atoms with van der Waals surface area (Å²) >= 11 is 6.30. The molecule has 0 atom stereocenters. The molecule has 4 rings (SSSR count). The highest BCUT2D eigenvalue weighted by atomic mass is 35.5. The minimum absolute atomic E-state index is 0.240. The maximum absolute atomic E-state index is 14.7. The molecule has 0 heterocycles. The number of aryl methyl sites for hydroxylation is 1. The molecule has 0 saturated heterocycles. The molecule has 0 radical (unpaired) electrons. The van der Waals surface area contributed by atoms with E-state index < -0.39 is 5.91 Å². The number of halogens is 2. The van der Waals surface area contributed by atoms with Crippen LogP contribution in [0.5, 0.6) is 0 Å². The minimum atomic E-state index is -0.596. The fraction of sp³-hybridized carbons (Fsp3) is 0.208. The lowest BCUT2D eigenvalue weighted by molar-refractivity contribution is 0.100. The zero-order valence-electron chi connectivity index (χ0n) is 15.4. The highest BCUT2D eigenvalue weighted by molar-refractivity contribution is 6.36. The second kappa shape index (κ2) is 7.76. The molecule has 0 saturated carbocycles. The predicted octanol–water partition coefficient (Wildman–Crippen LogP) is 5.59. The summed E-state index contributed by atoms with van der Waals surface area (Å²) in [6.07, 6.45) is 3.82. The van der Waals surface area contributed by atoms with Crippen LogP contribution in [0.2, 0.25) is 5.02 Å². The molecule has 1 aliphatic rings. The Balaban J connectivity index is 1.49. The molecule has 4 heteroatoms. The van der Waals surface area contributed by atoms with Crippen LogP contribution in [0, 0.1) is 11.7 Å². The Labute approximate surface area is 169 Å². The van der Waals surface area contributed by atoms with Gasteiger partial charge in [0.15, 0.2) is 0 Å².